The Labute approximate surface area is 113 Å². The van der Waals surface area contributed by atoms with Crippen LogP contribution in [0.1, 0.15) is 25.3 Å². The molecule has 1 fully saturated rings. The van der Waals surface area contributed by atoms with Crippen LogP contribution in [0.3, 0.4) is 0 Å². The van der Waals surface area contributed by atoms with Gasteiger partial charge in [0.25, 0.3) is 0 Å². The van der Waals surface area contributed by atoms with E-state index in [2.05, 4.69) is 5.32 Å². The Hall–Kier alpha value is -0.980. The zero-order chi connectivity index (χ0) is 14.0. The predicted molar refractivity (Wildman–Crippen MR) is 71.8 cm³/mol. The third kappa shape index (κ3) is 2.96. The van der Waals surface area contributed by atoms with Crippen LogP contribution in [0.2, 0.25) is 0 Å². The SMILES string of the molecule is CCN(C1CC1)S(=O)(=O)c1ccc(CNC)cc1F. The summed E-state index contributed by atoms with van der Waals surface area (Å²) < 4.78 is 40.2. The van der Waals surface area contributed by atoms with Crippen LogP contribution in [0.5, 0.6) is 0 Å². The number of nitrogens with one attached hydrogen (secondary N) is 1. The second kappa shape index (κ2) is 5.56. The molecule has 0 bridgehead atoms. The molecule has 0 spiro atoms. The van der Waals surface area contributed by atoms with Gasteiger partial charge in [-0.15, -0.1) is 0 Å². The van der Waals surface area contributed by atoms with Gasteiger partial charge in [-0.05, 0) is 37.6 Å². The van der Waals surface area contributed by atoms with E-state index >= 15 is 0 Å². The van der Waals surface area contributed by atoms with Gasteiger partial charge in [0, 0.05) is 19.1 Å². The molecule has 0 aromatic heterocycles. The number of hydrogen-bond acceptors (Lipinski definition) is 3. The first-order valence-electron chi connectivity index (χ1n) is 6.45. The molecule has 1 aromatic carbocycles. The Morgan fingerprint density at radius 3 is 2.58 bits per heavy atom. The number of benzene rings is 1. The molecule has 106 valence electrons. The van der Waals surface area contributed by atoms with Crippen LogP contribution in [0, 0.1) is 5.82 Å². The van der Waals surface area contributed by atoms with Gasteiger partial charge in [-0.2, -0.15) is 4.31 Å². The van der Waals surface area contributed by atoms with E-state index in [1.807, 2.05) is 0 Å². The first-order valence-corrected chi connectivity index (χ1v) is 7.89. The monoisotopic (exact) mass is 286 g/mol. The lowest BCUT2D eigenvalue weighted by Gasteiger charge is -2.20. The van der Waals surface area contributed by atoms with Gasteiger partial charge in [0.1, 0.15) is 10.7 Å². The van der Waals surface area contributed by atoms with Crippen molar-refractivity contribution >= 4 is 10.0 Å². The number of nitrogens with zero attached hydrogens (tertiary/aromatic N) is 1. The topological polar surface area (TPSA) is 49.4 Å². The summed E-state index contributed by atoms with van der Waals surface area (Å²) in [4.78, 5) is -0.221. The second-order valence-corrected chi connectivity index (χ2v) is 6.59. The molecule has 0 radical (unpaired) electrons. The lowest BCUT2D eigenvalue weighted by Crippen LogP contribution is -2.33. The summed E-state index contributed by atoms with van der Waals surface area (Å²) in [5, 5.41) is 2.91. The first-order chi connectivity index (χ1) is 9.00. The van der Waals surface area contributed by atoms with Crippen molar-refractivity contribution in [1.82, 2.24) is 9.62 Å². The first kappa shape index (κ1) is 14.4. The van der Waals surface area contributed by atoms with E-state index in [4.69, 9.17) is 0 Å². The Kier molecular flexibility index (Phi) is 4.23. The van der Waals surface area contributed by atoms with E-state index in [0.29, 0.717) is 13.1 Å². The van der Waals surface area contributed by atoms with Crippen molar-refractivity contribution in [2.45, 2.75) is 37.2 Å². The molecule has 1 saturated carbocycles. The highest BCUT2D eigenvalue weighted by molar-refractivity contribution is 7.89. The van der Waals surface area contributed by atoms with Crippen LogP contribution in [0.25, 0.3) is 0 Å². The van der Waals surface area contributed by atoms with Crippen LogP contribution < -0.4 is 5.32 Å². The van der Waals surface area contributed by atoms with Crippen LogP contribution in [0.4, 0.5) is 4.39 Å². The lowest BCUT2D eigenvalue weighted by molar-refractivity contribution is 0.417. The summed E-state index contributed by atoms with van der Waals surface area (Å²) in [5.41, 5.74) is 0.730. The maximum Gasteiger partial charge on any atom is 0.246 e. The van der Waals surface area contributed by atoms with E-state index in [1.165, 1.54) is 16.4 Å². The number of sulfonamides is 1. The molecule has 19 heavy (non-hydrogen) atoms. The molecule has 1 aliphatic rings. The summed E-state index contributed by atoms with van der Waals surface area (Å²) in [6.45, 7) is 2.67. The molecule has 0 amide bonds. The fourth-order valence-corrected chi connectivity index (χ4v) is 3.92. The molecule has 0 aliphatic heterocycles. The fraction of sp³-hybridized carbons (Fsp3) is 0.538. The normalized spacial score (nSPS) is 16.0. The van der Waals surface area contributed by atoms with Gasteiger partial charge < -0.3 is 5.32 Å². The summed E-state index contributed by atoms with van der Waals surface area (Å²) in [5.74, 6) is -0.674. The average molecular weight is 286 g/mol. The highest BCUT2D eigenvalue weighted by Gasteiger charge is 2.38. The molecule has 6 heteroatoms. The van der Waals surface area contributed by atoms with Gasteiger partial charge >= 0.3 is 0 Å². The average Bonchev–Trinajstić information content (AvgIpc) is 3.14. The minimum Gasteiger partial charge on any atom is -0.316 e. The van der Waals surface area contributed by atoms with Crippen molar-refractivity contribution in [2.24, 2.45) is 0 Å². The van der Waals surface area contributed by atoms with Crippen LogP contribution in [0.15, 0.2) is 23.1 Å². The molecule has 2 rings (SSSR count). The maximum absolute atomic E-state index is 14.0. The van der Waals surface area contributed by atoms with Gasteiger partial charge in [-0.25, -0.2) is 12.8 Å². The number of halogens is 1. The van der Waals surface area contributed by atoms with Crippen molar-refractivity contribution in [1.29, 1.82) is 0 Å². The molecule has 0 saturated heterocycles. The molecule has 1 aliphatic carbocycles. The highest BCUT2D eigenvalue weighted by atomic mass is 32.2. The Balaban J connectivity index is 2.34. The Morgan fingerprint density at radius 1 is 1.42 bits per heavy atom. The van der Waals surface area contributed by atoms with E-state index in [1.54, 1.807) is 20.0 Å². The molecule has 0 heterocycles. The van der Waals surface area contributed by atoms with Crippen LogP contribution in [-0.4, -0.2) is 32.4 Å². The van der Waals surface area contributed by atoms with Crippen molar-refractivity contribution in [3.63, 3.8) is 0 Å². The predicted octanol–water partition coefficient (Wildman–Crippen LogP) is 1.72. The van der Waals surface area contributed by atoms with E-state index in [-0.39, 0.29) is 10.9 Å². The minimum atomic E-state index is -3.71. The lowest BCUT2D eigenvalue weighted by atomic mass is 10.2. The molecule has 1 N–H and O–H groups in total. The van der Waals surface area contributed by atoms with E-state index in [0.717, 1.165) is 18.4 Å². The highest BCUT2D eigenvalue weighted by Crippen LogP contribution is 2.32. The molecular weight excluding hydrogens is 267 g/mol. The smallest absolute Gasteiger partial charge is 0.246 e. The molecule has 0 unspecified atom stereocenters. The van der Waals surface area contributed by atoms with Gasteiger partial charge in [-0.1, -0.05) is 13.0 Å². The number of hydrogen-bond donors (Lipinski definition) is 1. The van der Waals surface area contributed by atoms with Gasteiger partial charge in [-0.3, -0.25) is 0 Å². The van der Waals surface area contributed by atoms with E-state index < -0.39 is 15.8 Å². The summed E-state index contributed by atoms with van der Waals surface area (Å²) >= 11 is 0. The fourth-order valence-electron chi connectivity index (χ4n) is 2.18. The van der Waals surface area contributed by atoms with Crippen molar-refractivity contribution in [2.75, 3.05) is 13.6 Å². The van der Waals surface area contributed by atoms with Crippen molar-refractivity contribution in [3.05, 3.63) is 29.6 Å². The molecular formula is C13H19FN2O2S. The minimum absolute atomic E-state index is 0.0476. The summed E-state index contributed by atoms with van der Waals surface area (Å²) in [6.07, 6.45) is 1.74. The Bertz CT molecular complexity index is 556. The summed E-state index contributed by atoms with van der Waals surface area (Å²) in [6, 6.07) is 4.34. The standard InChI is InChI=1S/C13H19FN2O2S/c1-3-16(11-5-6-11)19(17,18)13-7-4-10(9-15-2)8-12(13)14/h4,7-8,11,15H,3,5-6,9H2,1-2H3. The molecule has 0 atom stereocenters. The summed E-state index contributed by atoms with van der Waals surface area (Å²) in [7, 11) is -1.95. The molecule has 4 nitrogen and oxygen atoms in total. The number of rotatable bonds is 6. The quantitative estimate of drug-likeness (QED) is 0.866. The van der Waals surface area contributed by atoms with Gasteiger partial charge in [0.15, 0.2) is 0 Å². The van der Waals surface area contributed by atoms with Gasteiger partial charge in [0.2, 0.25) is 10.0 Å². The van der Waals surface area contributed by atoms with Crippen LogP contribution in [-0.2, 0) is 16.6 Å². The molecule has 1 aromatic rings. The third-order valence-electron chi connectivity index (χ3n) is 3.23. The third-order valence-corrected chi connectivity index (χ3v) is 5.29. The maximum atomic E-state index is 14.0. The zero-order valence-electron chi connectivity index (χ0n) is 11.2. The van der Waals surface area contributed by atoms with Gasteiger partial charge in [0.05, 0.1) is 0 Å². The van der Waals surface area contributed by atoms with E-state index in [9.17, 15) is 12.8 Å². The second-order valence-electron chi connectivity index (χ2n) is 4.73. The zero-order valence-corrected chi connectivity index (χ0v) is 12.0. The van der Waals surface area contributed by atoms with Crippen LogP contribution >= 0.6 is 0 Å². The largest absolute Gasteiger partial charge is 0.316 e. The van der Waals surface area contributed by atoms with Crippen molar-refractivity contribution in [3.8, 4) is 0 Å². The Morgan fingerprint density at radius 2 is 2.11 bits per heavy atom. The van der Waals surface area contributed by atoms with Crippen molar-refractivity contribution < 1.29 is 12.8 Å².